The van der Waals surface area contributed by atoms with E-state index in [-0.39, 0.29) is 0 Å². The molecule has 0 radical (unpaired) electrons. The lowest BCUT2D eigenvalue weighted by atomic mass is 10.1. The molecular weight excluding hydrogens is 399 g/mol. The topological polar surface area (TPSA) is 107 Å². The summed E-state index contributed by atoms with van der Waals surface area (Å²) in [5, 5.41) is 5.05. The number of primary sulfonamides is 1. The molecule has 0 aromatic heterocycles. The monoisotopic (exact) mass is 420 g/mol. The molecule has 2 N–H and O–H groups in total. The van der Waals surface area contributed by atoms with Crippen molar-refractivity contribution in [2.75, 3.05) is 13.1 Å². The second-order valence-corrected chi connectivity index (χ2v) is 8.33. The number of rotatable bonds is 5. The van der Waals surface area contributed by atoms with Crippen LogP contribution in [0.1, 0.15) is 41.3 Å². The first kappa shape index (κ1) is 20.9. The van der Waals surface area contributed by atoms with Gasteiger partial charge in [-0.1, -0.05) is 30.3 Å². The molecule has 3 rings (SSSR count). The molecule has 1 heterocycles. The fourth-order valence-corrected chi connectivity index (χ4v) is 3.72. The van der Waals surface area contributed by atoms with Crippen LogP contribution in [0.4, 0.5) is 4.39 Å². The fraction of sp³-hybridized carbons (Fsp3) is 0.300. The van der Waals surface area contributed by atoms with Gasteiger partial charge in [0.15, 0.2) is 0 Å². The molecule has 0 aliphatic carbocycles. The third-order valence-corrected chi connectivity index (χ3v) is 5.62. The summed E-state index contributed by atoms with van der Waals surface area (Å²) in [6.45, 7) is 1.10. The third kappa shape index (κ3) is 4.99. The van der Waals surface area contributed by atoms with E-state index in [2.05, 4.69) is 0 Å². The van der Waals surface area contributed by atoms with E-state index in [1.807, 2.05) is 0 Å². The summed E-state index contributed by atoms with van der Waals surface area (Å²) in [7, 11) is -4.14. The zero-order valence-corrected chi connectivity index (χ0v) is 16.4. The van der Waals surface area contributed by atoms with Gasteiger partial charge in [-0.05, 0) is 37.5 Å². The minimum absolute atomic E-state index is 0.396. The molecule has 0 unspecified atom stereocenters. The lowest BCUT2D eigenvalue weighted by molar-refractivity contribution is -0.142. The van der Waals surface area contributed by atoms with E-state index in [1.165, 1.54) is 0 Å². The van der Waals surface area contributed by atoms with Crippen molar-refractivity contribution < 1.29 is 27.1 Å². The molecule has 7 nitrogen and oxygen atoms in total. The SMILES string of the molecule is NS(=O)(=O)c1ccc(F)c(C(=O)O[C@H](C(=O)N2CCCCC2)c2ccccc2)c1. The Morgan fingerprint density at radius 2 is 1.69 bits per heavy atom. The number of ether oxygens (including phenoxy) is 1. The maximum atomic E-state index is 14.2. The molecule has 2 aromatic carbocycles. The van der Waals surface area contributed by atoms with E-state index in [1.54, 1.807) is 35.2 Å². The highest BCUT2D eigenvalue weighted by atomic mass is 32.2. The Morgan fingerprint density at radius 3 is 2.31 bits per heavy atom. The number of nitrogens with two attached hydrogens (primary N) is 1. The van der Waals surface area contributed by atoms with Crippen LogP contribution in [-0.4, -0.2) is 38.3 Å². The third-order valence-electron chi connectivity index (χ3n) is 4.71. The van der Waals surface area contributed by atoms with Gasteiger partial charge in [0.1, 0.15) is 5.82 Å². The Labute approximate surface area is 168 Å². The highest BCUT2D eigenvalue weighted by Crippen LogP contribution is 2.25. The molecule has 1 aliphatic rings. The molecule has 2 aromatic rings. The second-order valence-electron chi connectivity index (χ2n) is 6.77. The first-order valence-corrected chi connectivity index (χ1v) is 10.7. The molecule has 9 heteroatoms. The Morgan fingerprint density at radius 1 is 1.03 bits per heavy atom. The predicted molar refractivity (Wildman–Crippen MR) is 103 cm³/mol. The molecular formula is C20H21FN2O5S. The number of piperidine rings is 1. The lowest BCUT2D eigenvalue weighted by Gasteiger charge is -2.30. The van der Waals surface area contributed by atoms with Crippen molar-refractivity contribution in [1.29, 1.82) is 0 Å². The normalized spacial score (nSPS) is 15.6. The smallest absolute Gasteiger partial charge is 0.342 e. The van der Waals surface area contributed by atoms with Crippen LogP contribution in [0, 0.1) is 5.82 Å². The van der Waals surface area contributed by atoms with Crippen LogP contribution in [0.5, 0.6) is 0 Å². The molecule has 1 saturated heterocycles. The Bertz CT molecular complexity index is 1000. The number of halogens is 1. The van der Waals surface area contributed by atoms with Gasteiger partial charge in [-0.3, -0.25) is 4.79 Å². The minimum atomic E-state index is -4.14. The number of sulfonamides is 1. The van der Waals surface area contributed by atoms with Crippen molar-refractivity contribution in [1.82, 2.24) is 4.90 Å². The summed E-state index contributed by atoms with van der Waals surface area (Å²) >= 11 is 0. The molecule has 29 heavy (non-hydrogen) atoms. The zero-order valence-electron chi connectivity index (χ0n) is 15.6. The molecule has 1 fully saturated rings. The van der Waals surface area contributed by atoms with E-state index in [9.17, 15) is 22.4 Å². The number of esters is 1. The molecule has 0 bridgehead atoms. The van der Waals surface area contributed by atoms with Crippen LogP contribution in [0.15, 0.2) is 53.4 Å². The summed E-state index contributed by atoms with van der Waals surface area (Å²) in [6.07, 6.45) is 1.46. The fourth-order valence-electron chi connectivity index (χ4n) is 3.18. The predicted octanol–water partition coefficient (Wildman–Crippen LogP) is 2.38. The molecule has 0 spiro atoms. The van der Waals surface area contributed by atoms with Gasteiger partial charge in [0, 0.05) is 18.7 Å². The van der Waals surface area contributed by atoms with E-state index in [0.717, 1.165) is 37.5 Å². The number of amides is 1. The van der Waals surface area contributed by atoms with E-state index < -0.39 is 44.3 Å². The van der Waals surface area contributed by atoms with Gasteiger partial charge in [-0.2, -0.15) is 0 Å². The average molecular weight is 420 g/mol. The van der Waals surface area contributed by atoms with Gasteiger partial charge in [-0.15, -0.1) is 0 Å². The van der Waals surface area contributed by atoms with Crippen LogP contribution >= 0.6 is 0 Å². The van der Waals surface area contributed by atoms with Crippen LogP contribution in [-0.2, 0) is 19.6 Å². The number of carbonyl (C=O) groups is 2. The van der Waals surface area contributed by atoms with Gasteiger partial charge >= 0.3 is 5.97 Å². The summed E-state index contributed by atoms with van der Waals surface area (Å²) in [6, 6.07) is 11.0. The van der Waals surface area contributed by atoms with Gasteiger partial charge in [-0.25, -0.2) is 22.7 Å². The largest absolute Gasteiger partial charge is 0.444 e. The number of likely N-dealkylation sites (tertiary alicyclic amines) is 1. The van der Waals surface area contributed by atoms with Crippen LogP contribution in [0.25, 0.3) is 0 Å². The number of carbonyl (C=O) groups excluding carboxylic acids is 2. The number of hydrogen-bond donors (Lipinski definition) is 1. The van der Waals surface area contributed by atoms with Crippen LogP contribution in [0.3, 0.4) is 0 Å². The Balaban J connectivity index is 1.92. The first-order chi connectivity index (χ1) is 13.8. The Kier molecular flexibility index (Phi) is 6.29. The minimum Gasteiger partial charge on any atom is -0.444 e. The van der Waals surface area contributed by atoms with Gasteiger partial charge < -0.3 is 9.64 Å². The van der Waals surface area contributed by atoms with Gasteiger partial charge in [0.05, 0.1) is 10.5 Å². The molecule has 1 amide bonds. The molecule has 1 aliphatic heterocycles. The van der Waals surface area contributed by atoms with Crippen molar-refractivity contribution >= 4 is 21.9 Å². The van der Waals surface area contributed by atoms with E-state index >= 15 is 0 Å². The highest BCUT2D eigenvalue weighted by molar-refractivity contribution is 7.89. The van der Waals surface area contributed by atoms with Crippen molar-refractivity contribution in [2.45, 2.75) is 30.3 Å². The molecule has 154 valence electrons. The van der Waals surface area contributed by atoms with Crippen LogP contribution in [0.2, 0.25) is 0 Å². The maximum absolute atomic E-state index is 14.2. The molecule has 0 saturated carbocycles. The van der Waals surface area contributed by atoms with E-state index in [0.29, 0.717) is 18.7 Å². The number of benzene rings is 2. The molecule has 1 atom stereocenters. The standard InChI is InChI=1S/C20H21FN2O5S/c21-17-10-9-15(29(22,26)27)13-16(17)20(25)28-18(14-7-3-1-4-8-14)19(24)23-11-5-2-6-12-23/h1,3-4,7-10,13,18H,2,5-6,11-12H2,(H2,22,26,27)/t18-/m0/s1. The van der Waals surface area contributed by atoms with Crippen molar-refractivity contribution in [3.05, 3.63) is 65.5 Å². The summed E-state index contributed by atoms with van der Waals surface area (Å²) < 4.78 is 42.6. The number of hydrogen-bond acceptors (Lipinski definition) is 5. The summed E-state index contributed by atoms with van der Waals surface area (Å²) in [4.78, 5) is 26.9. The van der Waals surface area contributed by atoms with Crippen molar-refractivity contribution in [3.8, 4) is 0 Å². The second kappa shape index (κ2) is 8.71. The van der Waals surface area contributed by atoms with Crippen molar-refractivity contribution in [2.24, 2.45) is 5.14 Å². The summed E-state index contributed by atoms with van der Waals surface area (Å²) in [5.41, 5.74) is -0.164. The van der Waals surface area contributed by atoms with E-state index in [4.69, 9.17) is 9.88 Å². The summed E-state index contributed by atoms with van der Waals surface area (Å²) in [5.74, 6) is -2.51. The first-order valence-electron chi connectivity index (χ1n) is 9.14. The number of nitrogens with zero attached hydrogens (tertiary/aromatic N) is 1. The van der Waals surface area contributed by atoms with Gasteiger partial charge in [0.2, 0.25) is 16.1 Å². The zero-order chi connectivity index (χ0) is 21.0. The highest BCUT2D eigenvalue weighted by Gasteiger charge is 2.31. The maximum Gasteiger partial charge on any atom is 0.342 e. The Hall–Kier alpha value is -2.78. The van der Waals surface area contributed by atoms with Gasteiger partial charge in [0.25, 0.3) is 5.91 Å². The lowest BCUT2D eigenvalue weighted by Crippen LogP contribution is -2.40. The van der Waals surface area contributed by atoms with Crippen molar-refractivity contribution in [3.63, 3.8) is 0 Å². The quantitative estimate of drug-likeness (QED) is 0.748. The van der Waals surface area contributed by atoms with Crippen LogP contribution < -0.4 is 5.14 Å². The average Bonchev–Trinajstić information content (AvgIpc) is 2.72.